The SMILES string of the molecule is O=CO[C@@H]1C[C@@H]1c1ccc(F)c(F)c1. The Labute approximate surface area is 79.5 Å². The lowest BCUT2D eigenvalue weighted by Gasteiger charge is -2.00. The normalized spacial score (nSPS) is 24.4. The molecular formula is C10H8F2O2. The van der Waals surface area contributed by atoms with Gasteiger partial charge in [-0.2, -0.15) is 0 Å². The van der Waals surface area contributed by atoms with E-state index in [1.807, 2.05) is 0 Å². The fourth-order valence-corrected chi connectivity index (χ4v) is 1.49. The lowest BCUT2D eigenvalue weighted by molar-refractivity contribution is -0.129. The molecule has 2 rings (SSSR count). The Morgan fingerprint density at radius 1 is 1.36 bits per heavy atom. The van der Waals surface area contributed by atoms with E-state index in [2.05, 4.69) is 0 Å². The van der Waals surface area contributed by atoms with E-state index in [1.165, 1.54) is 6.07 Å². The molecule has 14 heavy (non-hydrogen) atoms. The van der Waals surface area contributed by atoms with Crippen LogP contribution in [0.5, 0.6) is 0 Å². The second-order valence-electron chi connectivity index (χ2n) is 3.29. The molecule has 2 nitrogen and oxygen atoms in total. The van der Waals surface area contributed by atoms with Gasteiger partial charge in [-0.3, -0.25) is 4.79 Å². The largest absolute Gasteiger partial charge is 0.464 e. The van der Waals surface area contributed by atoms with Gasteiger partial charge < -0.3 is 4.74 Å². The van der Waals surface area contributed by atoms with E-state index < -0.39 is 11.6 Å². The fraction of sp³-hybridized carbons (Fsp3) is 0.300. The van der Waals surface area contributed by atoms with Crippen LogP contribution in [0.25, 0.3) is 0 Å². The number of benzene rings is 1. The molecule has 2 atom stereocenters. The standard InChI is InChI=1S/C10H8F2O2/c11-8-2-1-6(3-9(8)12)7-4-10(7)14-5-13/h1-3,5,7,10H,4H2/t7-,10-/m1/s1. The van der Waals surface area contributed by atoms with Gasteiger partial charge in [-0.25, -0.2) is 8.78 Å². The van der Waals surface area contributed by atoms with Crippen LogP contribution in [0.15, 0.2) is 18.2 Å². The molecule has 74 valence electrons. The first-order valence-electron chi connectivity index (χ1n) is 4.26. The third-order valence-electron chi connectivity index (χ3n) is 2.33. The molecule has 0 bridgehead atoms. The molecule has 1 saturated carbocycles. The molecule has 0 amide bonds. The topological polar surface area (TPSA) is 26.3 Å². The molecule has 1 aromatic carbocycles. The monoisotopic (exact) mass is 198 g/mol. The van der Waals surface area contributed by atoms with Crippen molar-refractivity contribution in [1.29, 1.82) is 0 Å². The van der Waals surface area contributed by atoms with Crippen molar-refractivity contribution in [1.82, 2.24) is 0 Å². The lowest BCUT2D eigenvalue weighted by atomic mass is 10.1. The maximum atomic E-state index is 12.8. The minimum Gasteiger partial charge on any atom is -0.464 e. The van der Waals surface area contributed by atoms with Crippen LogP contribution in [0.4, 0.5) is 8.78 Å². The Balaban J connectivity index is 2.12. The number of carbonyl (C=O) groups is 1. The predicted molar refractivity (Wildman–Crippen MR) is 44.7 cm³/mol. The zero-order valence-corrected chi connectivity index (χ0v) is 7.24. The highest BCUT2D eigenvalue weighted by molar-refractivity contribution is 5.40. The summed E-state index contributed by atoms with van der Waals surface area (Å²) in [7, 11) is 0. The first-order chi connectivity index (χ1) is 6.72. The van der Waals surface area contributed by atoms with Gasteiger partial charge in [0.25, 0.3) is 6.47 Å². The van der Waals surface area contributed by atoms with E-state index in [-0.39, 0.29) is 12.0 Å². The maximum absolute atomic E-state index is 12.8. The summed E-state index contributed by atoms with van der Waals surface area (Å²) in [6, 6.07) is 3.74. The number of carbonyl (C=O) groups excluding carboxylic acids is 1. The van der Waals surface area contributed by atoms with Crippen LogP contribution in [-0.4, -0.2) is 12.6 Å². The van der Waals surface area contributed by atoms with Crippen LogP contribution in [0.2, 0.25) is 0 Å². The number of hydrogen-bond donors (Lipinski definition) is 0. The van der Waals surface area contributed by atoms with Crippen molar-refractivity contribution in [3.63, 3.8) is 0 Å². The van der Waals surface area contributed by atoms with Crippen LogP contribution in [0.3, 0.4) is 0 Å². The molecule has 4 heteroatoms. The Morgan fingerprint density at radius 3 is 2.79 bits per heavy atom. The van der Waals surface area contributed by atoms with Crippen molar-refractivity contribution in [2.75, 3.05) is 0 Å². The van der Waals surface area contributed by atoms with Gasteiger partial charge in [0.05, 0.1) is 0 Å². The highest BCUT2D eigenvalue weighted by Crippen LogP contribution is 2.43. The predicted octanol–water partition coefficient (Wildman–Crippen LogP) is 1.99. The summed E-state index contributed by atoms with van der Waals surface area (Å²) in [6.45, 7) is 0.380. The van der Waals surface area contributed by atoms with Crippen molar-refractivity contribution in [2.45, 2.75) is 18.4 Å². The second-order valence-corrected chi connectivity index (χ2v) is 3.29. The molecule has 0 aromatic heterocycles. The average molecular weight is 198 g/mol. The maximum Gasteiger partial charge on any atom is 0.293 e. The smallest absolute Gasteiger partial charge is 0.293 e. The van der Waals surface area contributed by atoms with Crippen LogP contribution in [0, 0.1) is 11.6 Å². The van der Waals surface area contributed by atoms with Gasteiger partial charge in [-0.1, -0.05) is 6.07 Å². The van der Waals surface area contributed by atoms with Crippen LogP contribution in [0.1, 0.15) is 17.9 Å². The van der Waals surface area contributed by atoms with Crippen molar-refractivity contribution >= 4 is 6.47 Å². The third kappa shape index (κ3) is 1.60. The van der Waals surface area contributed by atoms with Gasteiger partial charge in [0.2, 0.25) is 0 Å². The number of ether oxygens (including phenoxy) is 1. The molecule has 0 N–H and O–H groups in total. The molecule has 1 aliphatic rings. The van der Waals surface area contributed by atoms with Crippen molar-refractivity contribution in [2.24, 2.45) is 0 Å². The van der Waals surface area contributed by atoms with Gasteiger partial charge >= 0.3 is 0 Å². The minimum absolute atomic E-state index is 0.0234. The molecule has 0 aliphatic heterocycles. The Hall–Kier alpha value is -1.45. The van der Waals surface area contributed by atoms with Gasteiger partial charge in [0.15, 0.2) is 11.6 Å². The number of halogens is 2. The number of rotatable bonds is 3. The summed E-state index contributed by atoms with van der Waals surface area (Å²) >= 11 is 0. The molecule has 0 spiro atoms. The van der Waals surface area contributed by atoms with Gasteiger partial charge in [-0.15, -0.1) is 0 Å². The van der Waals surface area contributed by atoms with Crippen molar-refractivity contribution < 1.29 is 18.3 Å². The summed E-state index contributed by atoms with van der Waals surface area (Å²) < 4.78 is 30.1. The zero-order valence-electron chi connectivity index (χ0n) is 7.24. The van der Waals surface area contributed by atoms with Crippen LogP contribution < -0.4 is 0 Å². The Morgan fingerprint density at radius 2 is 2.14 bits per heavy atom. The zero-order chi connectivity index (χ0) is 10.1. The average Bonchev–Trinajstić information content (AvgIpc) is 2.90. The summed E-state index contributed by atoms with van der Waals surface area (Å²) in [6.07, 6.45) is 0.515. The second kappa shape index (κ2) is 3.36. The van der Waals surface area contributed by atoms with Crippen LogP contribution in [-0.2, 0) is 9.53 Å². The van der Waals surface area contributed by atoms with Gasteiger partial charge in [-0.05, 0) is 24.1 Å². The molecule has 1 fully saturated rings. The fourth-order valence-electron chi connectivity index (χ4n) is 1.49. The molecule has 0 saturated heterocycles. The Bertz CT molecular complexity index is 365. The first kappa shape index (κ1) is 9.12. The Kier molecular flexibility index (Phi) is 2.19. The van der Waals surface area contributed by atoms with E-state index in [4.69, 9.17) is 4.74 Å². The highest BCUT2D eigenvalue weighted by Gasteiger charge is 2.40. The van der Waals surface area contributed by atoms with E-state index in [0.29, 0.717) is 18.5 Å². The van der Waals surface area contributed by atoms with E-state index in [1.54, 1.807) is 0 Å². The van der Waals surface area contributed by atoms with Crippen molar-refractivity contribution in [3.05, 3.63) is 35.4 Å². The van der Waals surface area contributed by atoms with Crippen molar-refractivity contribution in [3.8, 4) is 0 Å². The molecule has 1 aliphatic carbocycles. The van der Waals surface area contributed by atoms with Gasteiger partial charge in [0, 0.05) is 5.92 Å². The lowest BCUT2D eigenvalue weighted by Crippen LogP contribution is -1.95. The van der Waals surface area contributed by atoms with Gasteiger partial charge in [0.1, 0.15) is 6.10 Å². The summed E-state index contributed by atoms with van der Waals surface area (Å²) in [5.41, 5.74) is 0.677. The van der Waals surface area contributed by atoms with E-state index in [9.17, 15) is 13.6 Å². The third-order valence-corrected chi connectivity index (χ3v) is 2.33. The molecule has 0 heterocycles. The molecule has 0 radical (unpaired) electrons. The summed E-state index contributed by atoms with van der Waals surface area (Å²) in [4.78, 5) is 10.00. The first-order valence-corrected chi connectivity index (χ1v) is 4.26. The minimum atomic E-state index is -0.862. The quantitative estimate of drug-likeness (QED) is 0.694. The molecule has 1 aromatic rings. The van der Waals surface area contributed by atoms with Crippen LogP contribution >= 0.6 is 0 Å². The summed E-state index contributed by atoms with van der Waals surface area (Å²) in [5, 5.41) is 0. The molecular weight excluding hydrogens is 190 g/mol. The summed E-state index contributed by atoms with van der Waals surface area (Å²) in [5.74, 6) is -1.70. The number of hydrogen-bond acceptors (Lipinski definition) is 2. The van der Waals surface area contributed by atoms with E-state index >= 15 is 0 Å². The highest BCUT2D eigenvalue weighted by atomic mass is 19.2. The molecule has 0 unspecified atom stereocenters. The van der Waals surface area contributed by atoms with E-state index in [0.717, 1.165) is 12.1 Å².